The van der Waals surface area contributed by atoms with E-state index in [1.54, 1.807) is 121 Å². The number of aliphatic hydroxyl groups is 1. The topological polar surface area (TPSA) is 347 Å². The largest absolute Gasteiger partial charge is 0.465 e. The number of carbonyl (C=O) groups is 8. The highest BCUT2D eigenvalue weighted by Crippen LogP contribution is 2.43. The van der Waals surface area contributed by atoms with E-state index in [0.29, 0.717) is 27.8 Å². The molecule has 6 aromatic carbocycles. The summed E-state index contributed by atoms with van der Waals surface area (Å²) in [6, 6.07) is 50.4. The van der Waals surface area contributed by atoms with Gasteiger partial charge in [-0.25, -0.2) is 14.4 Å². The molecule has 0 saturated carbocycles. The number of ether oxygens (including phenoxy) is 18. The number of alkyl carbamates (subject to hydrolysis) is 1. The predicted molar refractivity (Wildman–Crippen MR) is 396 cm³/mol. The number of rotatable bonds is 38. The van der Waals surface area contributed by atoms with E-state index >= 15 is 4.79 Å². The Kier molecular flexibility index (Phi) is 33.9. The van der Waals surface area contributed by atoms with E-state index in [9.17, 15) is 38.7 Å². The number of alkyl halides is 3. The molecule has 0 radical (unpaired) electrons. The highest BCUT2D eigenvalue weighted by molar-refractivity contribution is 6.67. The van der Waals surface area contributed by atoms with Gasteiger partial charge in [0.05, 0.1) is 72.4 Å². The van der Waals surface area contributed by atoms with Gasteiger partial charge in [-0.1, -0.05) is 217 Å². The summed E-state index contributed by atoms with van der Waals surface area (Å²) in [5.41, 5.74) is 3.90. The third kappa shape index (κ3) is 27.0. The lowest BCUT2D eigenvalue weighted by atomic mass is 9.87. The van der Waals surface area contributed by atoms with E-state index in [1.165, 1.54) is 0 Å². The van der Waals surface area contributed by atoms with Crippen molar-refractivity contribution in [2.75, 3.05) is 40.1 Å². The standard InChI is InChI=1S/C80H91Cl3N2O27/c1-49(86)84-65-61(105-51(3)88)37-79(77(93)95-6,111-69(65)67(107-53(5)90)64(106-52(4)89)47-98-50(2)87)112-70-66(91)62(45-96-38-54-25-13-7-14-26-54)108-76(72(70)100-41-57-31-19-10-20-32-57)110-68-63(46-97-39-55-27-15-8-16-28-55)109-75(73(101-42-58-33-21-11-22-34-58)71(68)99-40-56-29-17-9-18-30-56)103-44-60(85-78(94)104-48-80(81,82)83)74(92)102-43-59-35-23-12-24-36-59/h7-36,60-73,75-76,91H,37-48H2,1-6H3,(H,84,86)(H,85,94)/t60-,61-,62+,63+,64+,65+,66-,67+,68+,69+,70-,71-,72+,73+,75+,76-,79-/m0/s1. The molecule has 32 heteroatoms. The van der Waals surface area contributed by atoms with Gasteiger partial charge in [0.25, 0.3) is 5.79 Å². The smallest absolute Gasteiger partial charge is 0.408 e. The van der Waals surface area contributed by atoms with Crippen LogP contribution in [0.3, 0.4) is 0 Å². The zero-order valence-corrected chi connectivity index (χ0v) is 64.5. The quantitative estimate of drug-likeness (QED) is 0.0186. The van der Waals surface area contributed by atoms with Crippen LogP contribution in [0.15, 0.2) is 182 Å². The first-order valence-electron chi connectivity index (χ1n) is 35.9. The third-order valence-corrected chi connectivity index (χ3v) is 17.9. The molecule has 0 unspecified atom stereocenters. The number of aliphatic hydroxyl groups excluding tert-OH is 1. The van der Waals surface area contributed by atoms with E-state index in [0.717, 1.165) is 47.3 Å². The Morgan fingerprint density at radius 1 is 0.518 bits per heavy atom. The predicted octanol–water partition coefficient (Wildman–Crippen LogP) is 8.50. The van der Waals surface area contributed by atoms with Crippen molar-refractivity contribution >= 4 is 82.6 Å². The maximum Gasteiger partial charge on any atom is 0.408 e. The Hall–Kier alpha value is -8.73. The maximum atomic E-state index is 15.4. The molecule has 3 heterocycles. The van der Waals surface area contributed by atoms with Gasteiger partial charge in [-0.15, -0.1) is 0 Å². The average molecular weight is 1620 g/mol. The van der Waals surface area contributed by atoms with Crippen LogP contribution in [0.4, 0.5) is 4.79 Å². The lowest BCUT2D eigenvalue weighted by Crippen LogP contribution is -2.72. The Bertz CT molecular complexity index is 3940. The molecule has 0 aliphatic carbocycles. The second-order valence-corrected chi connectivity index (χ2v) is 28.8. The highest BCUT2D eigenvalue weighted by atomic mass is 35.6. The Labute approximate surface area is 662 Å². The second kappa shape index (κ2) is 43.5. The van der Waals surface area contributed by atoms with Crippen molar-refractivity contribution in [2.45, 2.75) is 188 Å². The van der Waals surface area contributed by atoms with Gasteiger partial charge < -0.3 is 101 Å². The summed E-state index contributed by atoms with van der Waals surface area (Å²) in [7, 11) is 0.970. The summed E-state index contributed by atoms with van der Waals surface area (Å²) in [6.07, 6.45) is -26.2. The molecule has 9 rings (SSSR count). The number of halogens is 3. The normalized spacial score (nSPS) is 24.5. The maximum absolute atomic E-state index is 15.4. The lowest BCUT2D eigenvalue weighted by molar-refractivity contribution is -0.395. The Balaban J connectivity index is 1.22. The van der Waals surface area contributed by atoms with Gasteiger partial charge >= 0.3 is 41.9 Å². The highest BCUT2D eigenvalue weighted by Gasteiger charge is 2.63. The molecule has 3 N–H and O–H groups in total. The zero-order chi connectivity index (χ0) is 80.2. The molecule has 0 aromatic heterocycles. The summed E-state index contributed by atoms with van der Waals surface area (Å²) >= 11 is 17.9. The van der Waals surface area contributed by atoms with Gasteiger partial charge in [-0.3, -0.25) is 24.0 Å². The summed E-state index contributed by atoms with van der Waals surface area (Å²) < 4.78 is 114. The summed E-state index contributed by atoms with van der Waals surface area (Å²) in [4.78, 5) is 109. The molecule has 6 aromatic rings. The molecule has 17 atom stereocenters. The molecular formula is C80H91Cl3N2O27. The van der Waals surface area contributed by atoms with Crippen molar-refractivity contribution in [1.82, 2.24) is 10.6 Å². The molecule has 29 nitrogen and oxygen atoms in total. The summed E-state index contributed by atoms with van der Waals surface area (Å²) in [6.45, 7) is 1.16. The first kappa shape index (κ1) is 87.2. The minimum absolute atomic E-state index is 0.0128. The fourth-order valence-electron chi connectivity index (χ4n) is 12.6. The first-order valence-corrected chi connectivity index (χ1v) is 37.0. The van der Waals surface area contributed by atoms with E-state index in [-0.39, 0.29) is 46.2 Å². The van der Waals surface area contributed by atoms with Crippen LogP contribution in [0.5, 0.6) is 0 Å². The number of hydrogen-bond donors (Lipinski definition) is 3. The van der Waals surface area contributed by atoms with Crippen LogP contribution < -0.4 is 10.6 Å². The van der Waals surface area contributed by atoms with Gasteiger partial charge in [0.1, 0.15) is 80.9 Å². The van der Waals surface area contributed by atoms with Crippen LogP contribution in [0.2, 0.25) is 0 Å². The number of benzene rings is 6. The lowest BCUT2D eigenvalue weighted by Gasteiger charge is -2.52. The minimum atomic E-state index is -3.00. The number of hydrogen-bond acceptors (Lipinski definition) is 27. The monoisotopic (exact) mass is 1620 g/mol. The molecule has 3 aliphatic heterocycles. The zero-order valence-electron chi connectivity index (χ0n) is 62.2. The van der Waals surface area contributed by atoms with Crippen molar-refractivity contribution in [3.8, 4) is 0 Å². The van der Waals surface area contributed by atoms with Crippen LogP contribution in [-0.2, 0) is 158 Å². The van der Waals surface area contributed by atoms with Crippen molar-refractivity contribution < 1.29 is 129 Å². The fourth-order valence-corrected chi connectivity index (χ4v) is 12.7. The van der Waals surface area contributed by atoms with Crippen molar-refractivity contribution in [2.24, 2.45) is 0 Å². The first-order chi connectivity index (χ1) is 53.8. The Morgan fingerprint density at radius 2 is 0.982 bits per heavy atom. The van der Waals surface area contributed by atoms with Crippen LogP contribution in [0.1, 0.15) is 74.4 Å². The number of nitrogens with one attached hydrogen (secondary N) is 2. The SMILES string of the molecule is COC(=O)[C@@]1(O[C@H]2[C@@H](O)[C@@H](COCc3ccccc3)O[C@@H](O[C@H]3[C@H](OCc4ccccc4)[C@@H](OCc4ccccc4)[C@H](OC[C@H](NC(=O)OCC(Cl)(Cl)Cl)C(=O)OCc4ccccc4)O[C@@H]3COCc3ccccc3)[C@@H]2OCc2ccccc2)C[C@H](OC(C)=O)[C@@H](NC(C)=O)[C@H]([C@H](OC(C)=O)[C@@H](COC(C)=O)OC(C)=O)O1. The van der Waals surface area contributed by atoms with Gasteiger partial charge in [0, 0.05) is 34.6 Å². The molecule has 2 amide bonds. The average Bonchev–Trinajstić information content (AvgIpc) is 0.747. The number of carbonyl (C=O) groups excluding carboxylic acids is 8. The van der Waals surface area contributed by atoms with Crippen molar-refractivity contribution in [3.05, 3.63) is 215 Å². The van der Waals surface area contributed by atoms with Gasteiger partial charge in [0.2, 0.25) is 9.70 Å². The van der Waals surface area contributed by atoms with Gasteiger partial charge in [-0.05, 0) is 33.4 Å². The Morgan fingerprint density at radius 3 is 1.45 bits per heavy atom. The molecule has 604 valence electrons. The summed E-state index contributed by atoms with van der Waals surface area (Å²) in [5.74, 6) is -10.0. The van der Waals surface area contributed by atoms with Gasteiger partial charge in [-0.2, -0.15) is 0 Å². The van der Waals surface area contributed by atoms with Crippen molar-refractivity contribution in [1.29, 1.82) is 0 Å². The number of methoxy groups -OCH3 is 1. The molecule has 3 aliphatic rings. The van der Waals surface area contributed by atoms with E-state index in [4.69, 9.17) is 120 Å². The van der Waals surface area contributed by atoms with Crippen LogP contribution in [0, 0.1) is 0 Å². The van der Waals surface area contributed by atoms with Crippen molar-refractivity contribution in [3.63, 3.8) is 0 Å². The van der Waals surface area contributed by atoms with Crippen LogP contribution in [-0.4, -0.2) is 201 Å². The molecule has 3 saturated heterocycles. The van der Waals surface area contributed by atoms with Crippen LogP contribution >= 0.6 is 34.8 Å². The molecule has 112 heavy (non-hydrogen) atoms. The number of amides is 2. The third-order valence-electron chi connectivity index (χ3n) is 17.6. The molecule has 0 spiro atoms. The number of esters is 6. The minimum Gasteiger partial charge on any atom is -0.465 e. The van der Waals surface area contributed by atoms with E-state index in [1.807, 2.05) is 60.7 Å². The second-order valence-electron chi connectivity index (χ2n) is 26.3. The van der Waals surface area contributed by atoms with Gasteiger partial charge in [0.15, 0.2) is 30.8 Å². The molecule has 3 fully saturated rings. The fraction of sp³-hybridized carbons (Fsp3) is 0.450. The van der Waals surface area contributed by atoms with E-state index < -0.39 is 188 Å². The summed E-state index contributed by atoms with van der Waals surface area (Å²) in [5, 5.41) is 18.5. The van der Waals surface area contributed by atoms with E-state index in [2.05, 4.69) is 10.6 Å². The molecule has 0 bridgehead atoms. The molecular weight excluding hydrogens is 1530 g/mol. The van der Waals surface area contributed by atoms with Crippen LogP contribution in [0.25, 0.3) is 0 Å².